The number of nitriles is 1. The van der Waals surface area contributed by atoms with Crippen LogP contribution in [0, 0.1) is 17.1 Å². The average Bonchev–Trinajstić information content (AvgIpc) is 3.09. The van der Waals surface area contributed by atoms with Gasteiger partial charge in [0.1, 0.15) is 6.23 Å². The molecule has 0 amide bonds. The lowest BCUT2D eigenvalue weighted by molar-refractivity contribution is 0.0504. The van der Waals surface area contributed by atoms with E-state index < -0.39 is 23.3 Å². The molecule has 1 fully saturated rings. The van der Waals surface area contributed by atoms with Gasteiger partial charge in [0.2, 0.25) is 5.82 Å². The van der Waals surface area contributed by atoms with E-state index in [1.54, 1.807) is 24.3 Å². The number of hydrogen-bond donors (Lipinski definition) is 0. The van der Waals surface area contributed by atoms with Gasteiger partial charge in [0.15, 0.2) is 0 Å². The first kappa shape index (κ1) is 15.2. The second-order valence-corrected chi connectivity index (χ2v) is 5.34. The molecule has 0 N–H and O–H groups in total. The van der Waals surface area contributed by atoms with E-state index >= 15 is 0 Å². The maximum absolute atomic E-state index is 13.9. The van der Waals surface area contributed by atoms with E-state index in [4.69, 9.17) is 10.00 Å². The quantitative estimate of drug-likeness (QED) is 0.857. The minimum Gasteiger partial charge on any atom is -0.358 e. The Labute approximate surface area is 131 Å². The summed E-state index contributed by atoms with van der Waals surface area (Å²) in [6.07, 6.45) is 1.74. The second-order valence-electron chi connectivity index (χ2n) is 5.34. The summed E-state index contributed by atoms with van der Waals surface area (Å²) in [6, 6.07) is 8.49. The Hall–Kier alpha value is -2.72. The van der Waals surface area contributed by atoms with Crippen LogP contribution in [0.15, 0.2) is 40.1 Å². The lowest BCUT2D eigenvalue weighted by Gasteiger charge is -2.15. The average molecular weight is 315 g/mol. The molecule has 0 bridgehead atoms. The van der Waals surface area contributed by atoms with E-state index in [0.29, 0.717) is 24.2 Å². The Kier molecular flexibility index (Phi) is 4.08. The molecule has 2 heterocycles. The lowest BCUT2D eigenvalue weighted by atomic mass is 10.1. The Balaban J connectivity index is 2.06. The van der Waals surface area contributed by atoms with Crippen molar-refractivity contribution in [2.75, 3.05) is 6.61 Å². The van der Waals surface area contributed by atoms with Crippen LogP contribution in [0.1, 0.15) is 30.2 Å². The Morgan fingerprint density at radius 2 is 2.22 bits per heavy atom. The molecule has 0 unspecified atom stereocenters. The van der Waals surface area contributed by atoms with Crippen LogP contribution >= 0.6 is 0 Å². The topological polar surface area (TPSA) is 77.0 Å². The zero-order valence-electron chi connectivity index (χ0n) is 12.2. The molecule has 1 aromatic heterocycles. The van der Waals surface area contributed by atoms with E-state index in [1.165, 1.54) is 0 Å². The maximum atomic E-state index is 13.9. The van der Waals surface area contributed by atoms with Crippen molar-refractivity contribution in [2.24, 2.45) is 0 Å². The predicted molar refractivity (Wildman–Crippen MR) is 79.4 cm³/mol. The van der Waals surface area contributed by atoms with E-state index in [-0.39, 0.29) is 6.54 Å². The predicted octanol–water partition coefficient (Wildman–Crippen LogP) is 1.38. The fourth-order valence-corrected chi connectivity index (χ4v) is 2.64. The molecule has 1 aliphatic rings. The molecule has 2 aromatic rings. The highest BCUT2D eigenvalue weighted by molar-refractivity contribution is 5.32. The van der Waals surface area contributed by atoms with Crippen LogP contribution in [0.25, 0.3) is 0 Å². The number of ether oxygens (including phenoxy) is 1. The Morgan fingerprint density at radius 1 is 1.39 bits per heavy atom. The molecule has 7 heteroatoms. The fourth-order valence-electron chi connectivity index (χ4n) is 2.64. The molecule has 0 aliphatic carbocycles. The van der Waals surface area contributed by atoms with Gasteiger partial charge in [0.25, 0.3) is 5.56 Å². The van der Waals surface area contributed by atoms with Crippen LogP contribution in [-0.4, -0.2) is 15.7 Å². The summed E-state index contributed by atoms with van der Waals surface area (Å²) in [6.45, 7) is 0.403. The standard InChI is InChI=1S/C16H14FN3O3/c17-13-10-19(14-5-2-6-23-14)16(22)20(15(13)21)9-12-4-1-3-11(7-12)8-18/h1,3-4,7,10,14H,2,5-6,9H2/t14-/m0/s1. The van der Waals surface area contributed by atoms with Gasteiger partial charge in [-0.15, -0.1) is 0 Å². The molecule has 0 radical (unpaired) electrons. The molecule has 1 aromatic carbocycles. The molecule has 1 saturated heterocycles. The van der Waals surface area contributed by atoms with Gasteiger partial charge in [0, 0.05) is 6.61 Å². The Bertz CT molecular complexity index is 889. The molecule has 1 aliphatic heterocycles. The first-order chi connectivity index (χ1) is 11.1. The van der Waals surface area contributed by atoms with E-state index in [9.17, 15) is 14.0 Å². The number of nitrogens with zero attached hydrogens (tertiary/aromatic N) is 3. The van der Waals surface area contributed by atoms with Gasteiger partial charge in [-0.2, -0.15) is 9.65 Å². The molecule has 0 saturated carbocycles. The minimum absolute atomic E-state index is 0.0995. The summed E-state index contributed by atoms with van der Waals surface area (Å²) in [5.74, 6) is -1.00. The number of hydrogen-bond acceptors (Lipinski definition) is 4. The molecule has 0 spiro atoms. The highest BCUT2D eigenvalue weighted by Crippen LogP contribution is 2.20. The fraction of sp³-hybridized carbons (Fsp3) is 0.312. The smallest absolute Gasteiger partial charge is 0.333 e. The molecule has 6 nitrogen and oxygen atoms in total. The summed E-state index contributed by atoms with van der Waals surface area (Å²) in [4.78, 5) is 24.5. The van der Waals surface area contributed by atoms with Crippen LogP contribution in [0.4, 0.5) is 4.39 Å². The molecule has 23 heavy (non-hydrogen) atoms. The summed E-state index contributed by atoms with van der Waals surface area (Å²) < 4.78 is 21.3. The minimum atomic E-state index is -1.00. The zero-order valence-corrected chi connectivity index (χ0v) is 12.2. The highest BCUT2D eigenvalue weighted by atomic mass is 19.1. The summed E-state index contributed by atoms with van der Waals surface area (Å²) >= 11 is 0. The highest BCUT2D eigenvalue weighted by Gasteiger charge is 2.22. The van der Waals surface area contributed by atoms with Crippen LogP contribution in [-0.2, 0) is 11.3 Å². The third-order valence-corrected chi connectivity index (χ3v) is 3.77. The van der Waals surface area contributed by atoms with Crippen molar-refractivity contribution in [3.05, 3.63) is 68.2 Å². The van der Waals surface area contributed by atoms with Gasteiger partial charge in [-0.3, -0.25) is 13.9 Å². The van der Waals surface area contributed by atoms with Crippen molar-refractivity contribution in [1.82, 2.24) is 9.13 Å². The summed E-state index contributed by atoms with van der Waals surface area (Å²) in [5, 5.41) is 8.91. The molecular weight excluding hydrogens is 301 g/mol. The molecule has 1 atom stereocenters. The van der Waals surface area contributed by atoms with E-state index in [2.05, 4.69) is 0 Å². The number of benzene rings is 1. The largest absolute Gasteiger partial charge is 0.358 e. The maximum Gasteiger partial charge on any atom is 0.333 e. The number of halogens is 1. The summed E-state index contributed by atoms with van der Waals surface area (Å²) in [5.41, 5.74) is -0.614. The third kappa shape index (κ3) is 2.94. The summed E-state index contributed by atoms with van der Waals surface area (Å²) in [7, 11) is 0. The van der Waals surface area contributed by atoms with Gasteiger partial charge in [-0.1, -0.05) is 12.1 Å². The lowest BCUT2D eigenvalue weighted by Crippen LogP contribution is -2.42. The first-order valence-corrected chi connectivity index (χ1v) is 7.22. The SMILES string of the molecule is N#Cc1cccc(Cn2c(=O)c(F)cn([C@@H]3CCCO3)c2=O)c1. The van der Waals surface area contributed by atoms with E-state index in [1.807, 2.05) is 6.07 Å². The van der Waals surface area contributed by atoms with Gasteiger partial charge in [-0.05, 0) is 30.5 Å². The van der Waals surface area contributed by atoms with Crippen LogP contribution < -0.4 is 11.2 Å². The van der Waals surface area contributed by atoms with Crippen molar-refractivity contribution < 1.29 is 9.13 Å². The zero-order chi connectivity index (χ0) is 16.4. The number of aromatic nitrogens is 2. The van der Waals surface area contributed by atoms with Gasteiger partial charge in [0.05, 0.1) is 24.4 Å². The molecule has 118 valence electrons. The van der Waals surface area contributed by atoms with Crippen molar-refractivity contribution in [3.8, 4) is 6.07 Å². The van der Waals surface area contributed by atoms with Crippen LogP contribution in [0.2, 0.25) is 0 Å². The van der Waals surface area contributed by atoms with Crippen LogP contribution in [0.3, 0.4) is 0 Å². The van der Waals surface area contributed by atoms with Crippen molar-refractivity contribution in [3.63, 3.8) is 0 Å². The molecule has 3 rings (SSSR count). The van der Waals surface area contributed by atoms with Gasteiger partial charge < -0.3 is 4.74 Å². The van der Waals surface area contributed by atoms with Gasteiger partial charge >= 0.3 is 5.69 Å². The van der Waals surface area contributed by atoms with Crippen molar-refractivity contribution in [1.29, 1.82) is 5.26 Å². The van der Waals surface area contributed by atoms with E-state index in [0.717, 1.165) is 21.8 Å². The van der Waals surface area contributed by atoms with Crippen LogP contribution in [0.5, 0.6) is 0 Å². The second kappa shape index (κ2) is 6.18. The monoisotopic (exact) mass is 315 g/mol. The first-order valence-electron chi connectivity index (χ1n) is 7.22. The third-order valence-electron chi connectivity index (χ3n) is 3.77. The van der Waals surface area contributed by atoms with Crippen molar-refractivity contribution >= 4 is 0 Å². The molecular formula is C16H14FN3O3. The van der Waals surface area contributed by atoms with Gasteiger partial charge in [-0.25, -0.2) is 4.79 Å². The van der Waals surface area contributed by atoms with Crippen molar-refractivity contribution in [2.45, 2.75) is 25.6 Å². The Morgan fingerprint density at radius 3 is 2.91 bits per heavy atom. The normalized spacial score (nSPS) is 17.1. The number of rotatable bonds is 3.